The molecule has 0 saturated carbocycles. The largest absolute Gasteiger partial charge is 0.387 e. The molecule has 2 rings (SSSR count). The molecule has 1 atom stereocenters. The van der Waals surface area contributed by atoms with E-state index in [-0.39, 0.29) is 0 Å². The maximum absolute atomic E-state index is 10.2. The minimum Gasteiger partial charge on any atom is -0.387 e. The second kappa shape index (κ2) is 7.11. The van der Waals surface area contributed by atoms with Crippen LogP contribution in [0.5, 0.6) is 0 Å². The summed E-state index contributed by atoms with van der Waals surface area (Å²) in [7, 11) is 0. The Labute approximate surface area is 121 Å². The zero-order valence-corrected chi connectivity index (χ0v) is 12.3. The first-order valence-electron chi connectivity index (χ1n) is 7.33. The third kappa shape index (κ3) is 3.40. The van der Waals surface area contributed by atoms with E-state index >= 15 is 0 Å². The van der Waals surface area contributed by atoms with Gasteiger partial charge in [0.05, 0.1) is 6.10 Å². The molecule has 0 saturated heterocycles. The van der Waals surface area contributed by atoms with Gasteiger partial charge in [0.1, 0.15) is 0 Å². The topological polar surface area (TPSA) is 32.3 Å². The molecule has 0 bridgehead atoms. The summed E-state index contributed by atoms with van der Waals surface area (Å²) < 4.78 is 0. The van der Waals surface area contributed by atoms with Crippen LogP contribution in [0.15, 0.2) is 48.5 Å². The first-order chi connectivity index (χ1) is 9.76. The Balaban J connectivity index is 2.11. The third-order valence-electron chi connectivity index (χ3n) is 3.66. The van der Waals surface area contributed by atoms with Gasteiger partial charge in [0.15, 0.2) is 0 Å². The average Bonchev–Trinajstić information content (AvgIpc) is 2.52. The van der Waals surface area contributed by atoms with E-state index in [2.05, 4.69) is 37.4 Å². The van der Waals surface area contributed by atoms with Gasteiger partial charge < -0.3 is 10.4 Å². The van der Waals surface area contributed by atoms with Crippen molar-refractivity contribution in [1.29, 1.82) is 0 Å². The first kappa shape index (κ1) is 14.6. The van der Waals surface area contributed by atoms with Crippen molar-refractivity contribution >= 4 is 5.69 Å². The fourth-order valence-corrected chi connectivity index (χ4v) is 2.46. The van der Waals surface area contributed by atoms with E-state index in [9.17, 15) is 5.11 Å². The number of benzene rings is 2. The number of hydrogen-bond donors (Lipinski definition) is 2. The number of nitrogens with one attached hydrogen (secondary N) is 1. The quantitative estimate of drug-likeness (QED) is 0.832. The normalized spacial score (nSPS) is 12.2. The predicted molar refractivity (Wildman–Crippen MR) is 85.1 cm³/mol. The highest BCUT2D eigenvalue weighted by molar-refractivity contribution is 5.58. The van der Waals surface area contributed by atoms with Crippen LogP contribution in [0.25, 0.3) is 0 Å². The molecule has 2 aromatic carbocycles. The van der Waals surface area contributed by atoms with Crippen LogP contribution in [-0.4, -0.2) is 11.7 Å². The van der Waals surface area contributed by atoms with E-state index in [0.29, 0.717) is 6.54 Å². The molecule has 2 nitrogen and oxygen atoms in total. The van der Waals surface area contributed by atoms with Crippen molar-refractivity contribution < 1.29 is 5.11 Å². The van der Waals surface area contributed by atoms with Crippen LogP contribution in [0.3, 0.4) is 0 Å². The summed E-state index contributed by atoms with van der Waals surface area (Å²) in [6.45, 7) is 4.86. The Hall–Kier alpha value is -1.80. The van der Waals surface area contributed by atoms with Crippen LogP contribution in [0.2, 0.25) is 0 Å². The summed E-state index contributed by atoms with van der Waals surface area (Å²) in [5.41, 5.74) is 4.76. The first-order valence-corrected chi connectivity index (χ1v) is 7.33. The van der Waals surface area contributed by atoms with E-state index in [1.807, 2.05) is 30.3 Å². The minimum atomic E-state index is -0.481. The van der Waals surface area contributed by atoms with Gasteiger partial charge in [-0.15, -0.1) is 0 Å². The van der Waals surface area contributed by atoms with Crippen LogP contribution in [0, 0.1) is 0 Å². The van der Waals surface area contributed by atoms with Crippen LogP contribution in [-0.2, 0) is 12.8 Å². The second-order valence-corrected chi connectivity index (χ2v) is 4.97. The molecule has 0 aromatic heterocycles. The van der Waals surface area contributed by atoms with Gasteiger partial charge in [-0.05, 0) is 29.5 Å². The minimum absolute atomic E-state index is 0.481. The lowest BCUT2D eigenvalue weighted by molar-refractivity contribution is 0.191. The maximum Gasteiger partial charge on any atom is 0.0962 e. The molecule has 20 heavy (non-hydrogen) atoms. The lowest BCUT2D eigenvalue weighted by Gasteiger charge is -2.18. The molecule has 0 aliphatic rings. The van der Waals surface area contributed by atoms with Crippen LogP contribution in [0.1, 0.15) is 36.6 Å². The van der Waals surface area contributed by atoms with E-state index < -0.39 is 6.10 Å². The molecule has 0 fully saturated rings. The van der Waals surface area contributed by atoms with Gasteiger partial charge in [0.25, 0.3) is 0 Å². The number of aliphatic hydroxyl groups is 1. The highest BCUT2D eigenvalue weighted by atomic mass is 16.3. The maximum atomic E-state index is 10.2. The molecule has 0 amide bonds. The monoisotopic (exact) mass is 269 g/mol. The van der Waals surface area contributed by atoms with Crippen LogP contribution in [0.4, 0.5) is 5.69 Å². The molecule has 1 unspecified atom stereocenters. The Bertz CT molecular complexity index is 514. The fraction of sp³-hybridized carbons (Fsp3) is 0.333. The van der Waals surface area contributed by atoms with Gasteiger partial charge >= 0.3 is 0 Å². The van der Waals surface area contributed by atoms with E-state index in [1.165, 1.54) is 16.8 Å². The van der Waals surface area contributed by atoms with Crippen molar-refractivity contribution in [3.63, 3.8) is 0 Å². The molecule has 0 aliphatic heterocycles. The number of rotatable bonds is 6. The molecule has 0 radical (unpaired) electrons. The Morgan fingerprint density at radius 1 is 0.900 bits per heavy atom. The molecule has 0 spiro atoms. The number of aryl methyl sites for hydroxylation is 2. The van der Waals surface area contributed by atoms with E-state index in [4.69, 9.17) is 0 Å². The standard InChI is InChI=1S/C18H23NO/c1-3-14-11-8-12-15(4-2)18(14)19-13-17(20)16-9-6-5-7-10-16/h5-12,17,19-20H,3-4,13H2,1-2H3. The molecule has 2 aromatic rings. The lowest BCUT2D eigenvalue weighted by Crippen LogP contribution is -2.14. The highest BCUT2D eigenvalue weighted by Crippen LogP contribution is 2.23. The summed E-state index contributed by atoms with van der Waals surface area (Å²) in [5, 5.41) is 13.7. The summed E-state index contributed by atoms with van der Waals surface area (Å²) in [4.78, 5) is 0. The van der Waals surface area contributed by atoms with E-state index in [0.717, 1.165) is 18.4 Å². The Morgan fingerprint density at radius 2 is 1.50 bits per heavy atom. The molecular formula is C18H23NO. The van der Waals surface area contributed by atoms with Crippen molar-refractivity contribution in [3.05, 3.63) is 65.2 Å². The SMILES string of the molecule is CCc1cccc(CC)c1NCC(O)c1ccccc1. The third-order valence-corrected chi connectivity index (χ3v) is 3.66. The lowest BCUT2D eigenvalue weighted by atomic mass is 10.0. The predicted octanol–water partition coefficient (Wildman–Crippen LogP) is 3.96. The Morgan fingerprint density at radius 3 is 2.05 bits per heavy atom. The van der Waals surface area contributed by atoms with Crippen molar-refractivity contribution in [2.24, 2.45) is 0 Å². The van der Waals surface area contributed by atoms with Gasteiger partial charge in [-0.2, -0.15) is 0 Å². The zero-order valence-electron chi connectivity index (χ0n) is 12.3. The van der Waals surface area contributed by atoms with Crippen molar-refractivity contribution in [3.8, 4) is 0 Å². The molecule has 0 heterocycles. The number of para-hydroxylation sites is 1. The molecular weight excluding hydrogens is 246 g/mol. The van der Waals surface area contributed by atoms with Gasteiger partial charge in [0.2, 0.25) is 0 Å². The van der Waals surface area contributed by atoms with Crippen LogP contribution >= 0.6 is 0 Å². The van der Waals surface area contributed by atoms with Gasteiger partial charge in [-0.3, -0.25) is 0 Å². The number of hydrogen-bond acceptors (Lipinski definition) is 2. The molecule has 2 heteroatoms. The van der Waals surface area contributed by atoms with Gasteiger partial charge in [0, 0.05) is 12.2 Å². The Kier molecular flexibility index (Phi) is 5.19. The summed E-state index contributed by atoms with van der Waals surface area (Å²) in [6, 6.07) is 16.2. The van der Waals surface area contributed by atoms with Crippen molar-refractivity contribution in [1.82, 2.24) is 0 Å². The highest BCUT2D eigenvalue weighted by Gasteiger charge is 2.10. The fourth-order valence-electron chi connectivity index (χ4n) is 2.46. The smallest absolute Gasteiger partial charge is 0.0962 e. The summed E-state index contributed by atoms with van der Waals surface area (Å²) in [5.74, 6) is 0. The summed E-state index contributed by atoms with van der Waals surface area (Å²) in [6.07, 6.45) is 1.51. The molecule has 0 aliphatic carbocycles. The number of anilines is 1. The van der Waals surface area contributed by atoms with Crippen molar-refractivity contribution in [2.45, 2.75) is 32.8 Å². The number of aliphatic hydroxyl groups excluding tert-OH is 1. The molecule has 2 N–H and O–H groups in total. The van der Waals surface area contributed by atoms with E-state index in [1.54, 1.807) is 0 Å². The van der Waals surface area contributed by atoms with Gasteiger partial charge in [-0.25, -0.2) is 0 Å². The zero-order chi connectivity index (χ0) is 14.4. The van der Waals surface area contributed by atoms with Crippen molar-refractivity contribution in [2.75, 3.05) is 11.9 Å². The van der Waals surface area contributed by atoms with Gasteiger partial charge in [-0.1, -0.05) is 62.4 Å². The second-order valence-electron chi connectivity index (χ2n) is 4.97. The summed E-state index contributed by atoms with van der Waals surface area (Å²) >= 11 is 0. The average molecular weight is 269 g/mol. The molecule has 106 valence electrons. The van der Waals surface area contributed by atoms with Crippen LogP contribution < -0.4 is 5.32 Å².